The van der Waals surface area contributed by atoms with Gasteiger partial charge in [0.05, 0.1) is 7.11 Å². The van der Waals surface area contributed by atoms with E-state index in [1.807, 2.05) is 12.1 Å². The number of esters is 1. The Bertz CT molecular complexity index is 912. The smallest absolute Gasteiger partial charge is 0.387 e. The van der Waals surface area contributed by atoms with Gasteiger partial charge in [0.1, 0.15) is 0 Å². The monoisotopic (exact) mass is 418 g/mol. The molecule has 0 heterocycles. The number of rotatable bonds is 8. The maximum absolute atomic E-state index is 12.4. The average Bonchev–Trinajstić information content (AvgIpc) is 2.70. The lowest BCUT2D eigenvalue weighted by Crippen LogP contribution is -2.14. The molecular weight excluding hydrogens is 394 g/mol. The fourth-order valence-electron chi connectivity index (χ4n) is 2.57. The summed E-state index contributed by atoms with van der Waals surface area (Å²) in [4.78, 5) is 24.1. The van der Waals surface area contributed by atoms with E-state index in [0.717, 1.165) is 11.6 Å². The Morgan fingerprint density at radius 3 is 2.27 bits per heavy atom. The number of halogens is 2. The van der Waals surface area contributed by atoms with Gasteiger partial charge in [0.2, 0.25) is 0 Å². The average molecular weight is 418 g/mol. The number of carbonyl (C=O) groups is 2. The number of hydrogen-bond donors (Lipinski definition) is 0. The molecular formula is C23H24F2O5. The van der Waals surface area contributed by atoms with Crippen molar-refractivity contribution in [2.24, 2.45) is 0 Å². The highest BCUT2D eigenvalue weighted by Gasteiger charge is 2.15. The Labute approximate surface area is 174 Å². The lowest BCUT2D eigenvalue weighted by Gasteiger charge is -2.18. The first-order valence-electron chi connectivity index (χ1n) is 9.21. The van der Waals surface area contributed by atoms with Crippen molar-refractivity contribution in [3.05, 3.63) is 65.2 Å². The predicted octanol–water partition coefficient (Wildman–Crippen LogP) is 5.03. The van der Waals surface area contributed by atoms with Gasteiger partial charge in [-0.2, -0.15) is 8.78 Å². The van der Waals surface area contributed by atoms with E-state index >= 15 is 0 Å². The fraction of sp³-hybridized carbons (Fsp3) is 0.304. The Morgan fingerprint density at radius 1 is 1.03 bits per heavy atom. The van der Waals surface area contributed by atoms with E-state index in [1.54, 1.807) is 12.1 Å². The van der Waals surface area contributed by atoms with Gasteiger partial charge in [0, 0.05) is 11.6 Å². The molecule has 0 radical (unpaired) electrons. The van der Waals surface area contributed by atoms with Gasteiger partial charge in [-0.05, 0) is 34.8 Å². The minimum Gasteiger partial charge on any atom is -0.493 e. The van der Waals surface area contributed by atoms with Crippen LogP contribution in [0.4, 0.5) is 8.78 Å². The van der Waals surface area contributed by atoms with Crippen molar-refractivity contribution in [1.82, 2.24) is 0 Å². The summed E-state index contributed by atoms with van der Waals surface area (Å²) in [6, 6.07) is 11.4. The molecule has 2 aromatic rings. The number of ketones is 1. The van der Waals surface area contributed by atoms with E-state index in [1.165, 1.54) is 31.4 Å². The Hall–Kier alpha value is -3.22. The molecule has 0 amide bonds. The van der Waals surface area contributed by atoms with E-state index in [9.17, 15) is 18.4 Å². The molecule has 0 aliphatic carbocycles. The molecule has 0 aliphatic heterocycles. The summed E-state index contributed by atoms with van der Waals surface area (Å²) >= 11 is 0. The number of ether oxygens (including phenoxy) is 3. The molecule has 0 bridgehead atoms. The molecule has 0 fully saturated rings. The molecule has 0 N–H and O–H groups in total. The SMILES string of the molecule is COc1cc(/C=C/C(=O)OCC(=O)c2ccc(C(C)(C)C)cc2)ccc1OC(F)F. The van der Waals surface area contributed by atoms with Gasteiger partial charge in [-0.15, -0.1) is 0 Å². The molecule has 7 heteroatoms. The van der Waals surface area contributed by atoms with E-state index in [2.05, 4.69) is 25.5 Å². The van der Waals surface area contributed by atoms with Gasteiger partial charge in [0.15, 0.2) is 23.9 Å². The standard InChI is InChI=1S/C23H24F2O5/c1-23(2,3)17-9-7-16(8-10-17)18(26)14-29-21(27)12-6-15-5-11-19(30-22(24)25)20(13-15)28-4/h5-13,22H,14H2,1-4H3/b12-6+. The number of hydrogen-bond acceptors (Lipinski definition) is 5. The van der Waals surface area contributed by atoms with E-state index in [0.29, 0.717) is 11.1 Å². The van der Waals surface area contributed by atoms with Gasteiger partial charge in [-0.3, -0.25) is 4.79 Å². The number of alkyl halides is 2. The van der Waals surface area contributed by atoms with Crippen LogP contribution in [0.3, 0.4) is 0 Å². The highest BCUT2D eigenvalue weighted by Crippen LogP contribution is 2.29. The number of benzene rings is 2. The second kappa shape index (κ2) is 10.0. The topological polar surface area (TPSA) is 61.8 Å². The second-order valence-corrected chi connectivity index (χ2v) is 7.48. The molecule has 2 rings (SSSR count). The summed E-state index contributed by atoms with van der Waals surface area (Å²) in [7, 11) is 1.31. The van der Waals surface area contributed by atoms with E-state index in [-0.39, 0.29) is 29.3 Å². The highest BCUT2D eigenvalue weighted by molar-refractivity contribution is 5.99. The maximum atomic E-state index is 12.4. The fourth-order valence-corrected chi connectivity index (χ4v) is 2.57. The predicted molar refractivity (Wildman–Crippen MR) is 109 cm³/mol. The molecule has 160 valence electrons. The van der Waals surface area contributed by atoms with Crippen LogP contribution in [0, 0.1) is 0 Å². The van der Waals surface area contributed by atoms with Gasteiger partial charge in [0.25, 0.3) is 0 Å². The summed E-state index contributed by atoms with van der Waals surface area (Å²) in [5.41, 5.74) is 2.04. The first-order valence-corrected chi connectivity index (χ1v) is 9.21. The third-order valence-corrected chi connectivity index (χ3v) is 4.23. The molecule has 2 aromatic carbocycles. The Morgan fingerprint density at radius 2 is 1.70 bits per heavy atom. The van der Waals surface area contributed by atoms with E-state index < -0.39 is 12.6 Å². The van der Waals surface area contributed by atoms with Gasteiger partial charge in [-0.25, -0.2) is 4.79 Å². The number of Topliss-reactive ketones (excluding diaryl/α,β-unsaturated/α-hetero) is 1. The summed E-state index contributed by atoms with van der Waals surface area (Å²) < 4.78 is 39.0. The van der Waals surface area contributed by atoms with Crippen molar-refractivity contribution in [2.45, 2.75) is 32.8 Å². The van der Waals surface area contributed by atoms with Crippen molar-refractivity contribution in [3.8, 4) is 11.5 Å². The van der Waals surface area contributed by atoms with Crippen LogP contribution in [0.5, 0.6) is 11.5 Å². The number of carbonyl (C=O) groups excluding carboxylic acids is 2. The summed E-state index contributed by atoms with van der Waals surface area (Å²) in [5.74, 6) is -1.04. The van der Waals surface area contributed by atoms with Crippen molar-refractivity contribution in [2.75, 3.05) is 13.7 Å². The quantitative estimate of drug-likeness (QED) is 0.342. The lowest BCUT2D eigenvalue weighted by molar-refractivity contribution is -0.136. The van der Waals surface area contributed by atoms with Crippen molar-refractivity contribution < 1.29 is 32.6 Å². The largest absolute Gasteiger partial charge is 0.493 e. The second-order valence-electron chi connectivity index (χ2n) is 7.48. The molecule has 30 heavy (non-hydrogen) atoms. The zero-order chi connectivity index (χ0) is 22.3. The van der Waals surface area contributed by atoms with Crippen molar-refractivity contribution >= 4 is 17.8 Å². The first kappa shape index (κ1) is 23.1. The van der Waals surface area contributed by atoms with Crippen LogP contribution in [0.15, 0.2) is 48.5 Å². The van der Waals surface area contributed by atoms with Crippen LogP contribution in [0.1, 0.15) is 42.3 Å². The summed E-state index contributed by atoms with van der Waals surface area (Å²) in [5, 5.41) is 0. The molecule has 5 nitrogen and oxygen atoms in total. The molecule has 0 spiro atoms. The van der Waals surface area contributed by atoms with Crippen LogP contribution < -0.4 is 9.47 Å². The van der Waals surface area contributed by atoms with Crippen LogP contribution in [-0.2, 0) is 14.9 Å². The van der Waals surface area contributed by atoms with Crippen LogP contribution in [0.2, 0.25) is 0 Å². The molecule has 0 aromatic heterocycles. The third kappa shape index (κ3) is 6.69. The van der Waals surface area contributed by atoms with Crippen LogP contribution in [-0.4, -0.2) is 32.1 Å². The summed E-state index contributed by atoms with van der Waals surface area (Å²) in [6.45, 7) is 2.87. The van der Waals surface area contributed by atoms with E-state index in [4.69, 9.17) is 9.47 Å². The molecule has 0 saturated heterocycles. The Balaban J connectivity index is 1.94. The maximum Gasteiger partial charge on any atom is 0.387 e. The summed E-state index contributed by atoms with van der Waals surface area (Å²) in [6.07, 6.45) is 2.55. The minimum absolute atomic E-state index is 0.0225. The first-order chi connectivity index (χ1) is 14.1. The zero-order valence-corrected chi connectivity index (χ0v) is 17.3. The molecule has 0 unspecified atom stereocenters. The normalized spacial score (nSPS) is 11.6. The van der Waals surface area contributed by atoms with Gasteiger partial charge >= 0.3 is 12.6 Å². The van der Waals surface area contributed by atoms with Gasteiger partial charge in [-0.1, -0.05) is 51.1 Å². The zero-order valence-electron chi connectivity index (χ0n) is 17.3. The third-order valence-electron chi connectivity index (χ3n) is 4.23. The molecule has 0 saturated carbocycles. The van der Waals surface area contributed by atoms with Gasteiger partial charge < -0.3 is 14.2 Å². The molecule has 0 atom stereocenters. The molecule has 0 aliphatic rings. The minimum atomic E-state index is -2.97. The van der Waals surface area contributed by atoms with Crippen molar-refractivity contribution in [3.63, 3.8) is 0 Å². The Kier molecular flexibility index (Phi) is 7.69. The highest BCUT2D eigenvalue weighted by atomic mass is 19.3. The van der Waals surface area contributed by atoms with Crippen LogP contribution in [0.25, 0.3) is 6.08 Å². The number of methoxy groups -OCH3 is 1. The van der Waals surface area contributed by atoms with Crippen LogP contribution >= 0.6 is 0 Å². The van der Waals surface area contributed by atoms with Crippen molar-refractivity contribution in [1.29, 1.82) is 0 Å². The lowest BCUT2D eigenvalue weighted by atomic mass is 9.86.